The molecule has 0 aliphatic carbocycles. The fourth-order valence-corrected chi connectivity index (χ4v) is 2.22. The number of thiophene rings is 1. The van der Waals surface area contributed by atoms with Crippen LogP contribution in [0.5, 0.6) is 0 Å². The Labute approximate surface area is 98.3 Å². The van der Waals surface area contributed by atoms with Crippen molar-refractivity contribution in [3.63, 3.8) is 0 Å². The second-order valence-electron chi connectivity index (χ2n) is 3.58. The van der Waals surface area contributed by atoms with Gasteiger partial charge >= 0.3 is 5.97 Å². The number of hydrogen-bond donors (Lipinski definition) is 2. The minimum Gasteiger partial charge on any atom is -0.477 e. The standard InChI is InChI=1S/C11H15NO3S/c1-3-4-5-8(13)12-9-6-7(2)10(16-9)11(14)15/h6H,3-5H2,1-2H3,(H,12,13)(H,14,15). The van der Waals surface area contributed by atoms with Gasteiger partial charge in [0.15, 0.2) is 0 Å². The van der Waals surface area contributed by atoms with Crippen LogP contribution in [-0.2, 0) is 4.79 Å². The van der Waals surface area contributed by atoms with Crippen molar-refractivity contribution in [2.45, 2.75) is 33.1 Å². The van der Waals surface area contributed by atoms with Gasteiger partial charge < -0.3 is 10.4 Å². The number of anilines is 1. The average Bonchev–Trinajstić information content (AvgIpc) is 2.56. The summed E-state index contributed by atoms with van der Waals surface area (Å²) in [5.41, 5.74) is 0.684. The molecule has 0 saturated heterocycles. The molecule has 0 radical (unpaired) electrons. The van der Waals surface area contributed by atoms with Gasteiger partial charge in [-0.1, -0.05) is 13.3 Å². The van der Waals surface area contributed by atoms with E-state index < -0.39 is 5.97 Å². The van der Waals surface area contributed by atoms with Gasteiger partial charge in [0.2, 0.25) is 5.91 Å². The first-order chi connectivity index (χ1) is 7.54. The SMILES string of the molecule is CCCCC(=O)Nc1cc(C)c(C(=O)O)s1. The number of carboxylic acids is 1. The summed E-state index contributed by atoms with van der Waals surface area (Å²) in [5.74, 6) is -1.00. The van der Waals surface area contributed by atoms with Crippen molar-refractivity contribution in [2.24, 2.45) is 0 Å². The van der Waals surface area contributed by atoms with Crippen LogP contribution in [0.1, 0.15) is 41.4 Å². The van der Waals surface area contributed by atoms with Crippen molar-refractivity contribution in [3.8, 4) is 0 Å². The van der Waals surface area contributed by atoms with Gasteiger partial charge in [-0.3, -0.25) is 4.79 Å². The Bertz CT molecular complexity index is 398. The topological polar surface area (TPSA) is 66.4 Å². The molecule has 0 bridgehead atoms. The summed E-state index contributed by atoms with van der Waals surface area (Å²) in [5, 5.41) is 12.2. The molecule has 88 valence electrons. The van der Waals surface area contributed by atoms with Crippen molar-refractivity contribution in [1.82, 2.24) is 0 Å². The fraction of sp³-hybridized carbons (Fsp3) is 0.455. The van der Waals surface area contributed by atoms with E-state index in [9.17, 15) is 9.59 Å². The third-order valence-electron chi connectivity index (χ3n) is 2.13. The van der Waals surface area contributed by atoms with E-state index in [1.165, 1.54) is 0 Å². The van der Waals surface area contributed by atoms with E-state index >= 15 is 0 Å². The molecule has 4 nitrogen and oxygen atoms in total. The largest absolute Gasteiger partial charge is 0.477 e. The molecule has 1 aromatic heterocycles. The van der Waals surface area contributed by atoms with Gasteiger partial charge in [0.1, 0.15) is 4.88 Å². The Hall–Kier alpha value is -1.36. The average molecular weight is 241 g/mol. The van der Waals surface area contributed by atoms with E-state index in [1.54, 1.807) is 13.0 Å². The highest BCUT2D eigenvalue weighted by Gasteiger charge is 2.13. The summed E-state index contributed by atoms with van der Waals surface area (Å²) in [6, 6.07) is 1.69. The second-order valence-corrected chi connectivity index (χ2v) is 4.63. The lowest BCUT2D eigenvalue weighted by Crippen LogP contribution is -2.09. The highest BCUT2D eigenvalue weighted by Crippen LogP contribution is 2.26. The molecule has 0 atom stereocenters. The predicted molar refractivity (Wildman–Crippen MR) is 64.2 cm³/mol. The van der Waals surface area contributed by atoms with E-state index in [0.29, 0.717) is 17.0 Å². The third kappa shape index (κ3) is 3.34. The summed E-state index contributed by atoms with van der Waals surface area (Å²) in [7, 11) is 0. The minimum absolute atomic E-state index is 0.0555. The fourth-order valence-electron chi connectivity index (χ4n) is 1.29. The van der Waals surface area contributed by atoms with Gasteiger partial charge in [-0.25, -0.2) is 4.79 Å². The Kier molecular flexibility index (Phi) is 4.49. The number of unbranched alkanes of at least 4 members (excludes halogenated alkanes) is 1. The molecule has 1 rings (SSSR count). The van der Waals surface area contributed by atoms with Crippen LogP contribution in [0.3, 0.4) is 0 Å². The van der Waals surface area contributed by atoms with Crippen LogP contribution in [0.15, 0.2) is 6.07 Å². The highest BCUT2D eigenvalue weighted by molar-refractivity contribution is 7.18. The van der Waals surface area contributed by atoms with E-state index in [0.717, 1.165) is 24.2 Å². The molecule has 1 amide bonds. The summed E-state index contributed by atoms with van der Waals surface area (Å²) in [4.78, 5) is 22.5. The molecule has 0 fully saturated rings. The van der Waals surface area contributed by atoms with Crippen LogP contribution >= 0.6 is 11.3 Å². The van der Waals surface area contributed by atoms with Crippen molar-refractivity contribution in [1.29, 1.82) is 0 Å². The molecule has 16 heavy (non-hydrogen) atoms. The second kappa shape index (κ2) is 5.65. The Morgan fingerprint density at radius 2 is 2.19 bits per heavy atom. The van der Waals surface area contributed by atoms with E-state index in [-0.39, 0.29) is 10.8 Å². The first-order valence-corrected chi connectivity index (χ1v) is 5.99. The lowest BCUT2D eigenvalue weighted by Gasteiger charge is -2.00. The van der Waals surface area contributed by atoms with Crippen LogP contribution < -0.4 is 5.32 Å². The first-order valence-electron chi connectivity index (χ1n) is 5.18. The Morgan fingerprint density at radius 3 is 2.69 bits per heavy atom. The molecule has 0 aliphatic rings. The molecule has 2 N–H and O–H groups in total. The number of aryl methyl sites for hydroxylation is 1. The molecule has 1 heterocycles. The van der Waals surface area contributed by atoms with E-state index in [4.69, 9.17) is 5.11 Å². The summed E-state index contributed by atoms with van der Waals surface area (Å²) in [6.07, 6.45) is 2.30. The summed E-state index contributed by atoms with van der Waals surface area (Å²) in [6.45, 7) is 3.74. The normalized spacial score (nSPS) is 10.1. The highest BCUT2D eigenvalue weighted by atomic mass is 32.1. The van der Waals surface area contributed by atoms with Gasteiger partial charge in [0, 0.05) is 6.42 Å². The summed E-state index contributed by atoms with van der Waals surface area (Å²) < 4.78 is 0. The number of rotatable bonds is 5. The zero-order chi connectivity index (χ0) is 12.1. The molecule has 0 saturated carbocycles. The zero-order valence-electron chi connectivity index (χ0n) is 9.37. The Balaban J connectivity index is 2.64. The number of carboxylic acid groups (broad SMARTS) is 1. The smallest absolute Gasteiger partial charge is 0.346 e. The lowest BCUT2D eigenvalue weighted by atomic mass is 10.2. The maximum Gasteiger partial charge on any atom is 0.346 e. The molecule has 0 spiro atoms. The molecule has 1 aromatic rings. The van der Waals surface area contributed by atoms with Crippen LogP contribution in [0, 0.1) is 6.92 Å². The van der Waals surface area contributed by atoms with Gasteiger partial charge in [0.05, 0.1) is 5.00 Å². The maximum atomic E-state index is 11.4. The van der Waals surface area contributed by atoms with Gasteiger partial charge in [0.25, 0.3) is 0 Å². The zero-order valence-corrected chi connectivity index (χ0v) is 10.2. The van der Waals surface area contributed by atoms with Gasteiger partial charge in [-0.05, 0) is 25.0 Å². The molecule has 0 aliphatic heterocycles. The van der Waals surface area contributed by atoms with Crippen LogP contribution in [0.2, 0.25) is 0 Å². The molecular weight excluding hydrogens is 226 g/mol. The molecule has 0 unspecified atom stereocenters. The first kappa shape index (κ1) is 12.7. The number of amides is 1. The number of carbonyl (C=O) groups is 2. The van der Waals surface area contributed by atoms with Crippen LogP contribution in [-0.4, -0.2) is 17.0 Å². The number of aromatic carboxylic acids is 1. The summed E-state index contributed by atoms with van der Waals surface area (Å²) >= 11 is 1.10. The number of nitrogens with one attached hydrogen (secondary N) is 1. The van der Waals surface area contributed by atoms with Gasteiger partial charge in [-0.2, -0.15) is 0 Å². The number of carbonyl (C=O) groups excluding carboxylic acids is 1. The maximum absolute atomic E-state index is 11.4. The minimum atomic E-state index is -0.948. The van der Waals surface area contributed by atoms with Crippen LogP contribution in [0.4, 0.5) is 5.00 Å². The van der Waals surface area contributed by atoms with E-state index in [1.807, 2.05) is 6.92 Å². The molecule has 5 heteroatoms. The van der Waals surface area contributed by atoms with Crippen LogP contribution in [0.25, 0.3) is 0 Å². The number of hydrogen-bond acceptors (Lipinski definition) is 3. The molecular formula is C11H15NO3S. The third-order valence-corrected chi connectivity index (χ3v) is 3.27. The lowest BCUT2D eigenvalue weighted by molar-refractivity contribution is -0.116. The Morgan fingerprint density at radius 1 is 1.50 bits per heavy atom. The predicted octanol–water partition coefficient (Wildman–Crippen LogP) is 2.88. The van der Waals surface area contributed by atoms with E-state index in [2.05, 4.69) is 5.32 Å². The van der Waals surface area contributed by atoms with Gasteiger partial charge in [-0.15, -0.1) is 11.3 Å². The van der Waals surface area contributed by atoms with Crippen molar-refractivity contribution >= 4 is 28.2 Å². The van der Waals surface area contributed by atoms with Crippen molar-refractivity contribution < 1.29 is 14.7 Å². The van der Waals surface area contributed by atoms with Crippen molar-refractivity contribution in [2.75, 3.05) is 5.32 Å². The van der Waals surface area contributed by atoms with Crippen molar-refractivity contribution in [3.05, 3.63) is 16.5 Å². The monoisotopic (exact) mass is 241 g/mol. The quantitative estimate of drug-likeness (QED) is 0.833. The molecule has 0 aromatic carbocycles.